The van der Waals surface area contributed by atoms with Crippen LogP contribution in [-0.4, -0.2) is 49.1 Å². The lowest BCUT2D eigenvalue weighted by molar-refractivity contribution is 0.176. The molecule has 2 aromatic rings. The zero-order valence-corrected chi connectivity index (χ0v) is 19.1. The maximum atomic E-state index is 4.59. The van der Waals surface area contributed by atoms with E-state index in [0.717, 1.165) is 43.7 Å². The van der Waals surface area contributed by atoms with Crippen molar-refractivity contribution in [2.24, 2.45) is 10.9 Å². The van der Waals surface area contributed by atoms with Crippen molar-refractivity contribution in [3.63, 3.8) is 0 Å². The first-order valence-electron chi connectivity index (χ1n) is 10.1. The SMILES string of the molecule is CN=C(NCC1CCN(Cc2csc(C)n2)CC1)NCC(C)(C)c1cccs1. The van der Waals surface area contributed by atoms with Gasteiger partial charge in [0, 0.05) is 42.4 Å². The lowest BCUT2D eigenvalue weighted by Gasteiger charge is -2.32. The van der Waals surface area contributed by atoms with Crippen LogP contribution in [0.4, 0.5) is 0 Å². The zero-order valence-electron chi connectivity index (χ0n) is 17.5. The van der Waals surface area contributed by atoms with E-state index in [9.17, 15) is 0 Å². The van der Waals surface area contributed by atoms with E-state index in [2.05, 4.69) is 69.2 Å². The highest BCUT2D eigenvalue weighted by Crippen LogP contribution is 2.26. The van der Waals surface area contributed by atoms with Crippen LogP contribution in [0.2, 0.25) is 0 Å². The summed E-state index contributed by atoms with van der Waals surface area (Å²) >= 11 is 3.56. The normalized spacial score (nSPS) is 17.1. The Morgan fingerprint density at radius 1 is 1.29 bits per heavy atom. The summed E-state index contributed by atoms with van der Waals surface area (Å²) in [6.45, 7) is 11.8. The molecule has 2 N–H and O–H groups in total. The second kappa shape index (κ2) is 9.85. The van der Waals surface area contributed by atoms with Gasteiger partial charge in [-0.3, -0.25) is 9.89 Å². The van der Waals surface area contributed by atoms with E-state index in [-0.39, 0.29) is 5.41 Å². The molecule has 0 aliphatic carbocycles. The Kier molecular flexibility index (Phi) is 7.48. The standard InChI is InChI=1S/C21H33N5S2/c1-16-25-18(14-28-16)13-26-9-7-17(8-10-26)12-23-20(22-4)24-15-21(2,3)19-6-5-11-27-19/h5-6,11,14,17H,7-10,12-13,15H2,1-4H3,(H2,22,23,24). The lowest BCUT2D eigenvalue weighted by atomic mass is 9.91. The van der Waals surface area contributed by atoms with Crippen molar-refractivity contribution in [2.75, 3.05) is 33.2 Å². The fraction of sp³-hybridized carbons (Fsp3) is 0.619. The predicted octanol–water partition coefficient (Wildman–Crippen LogP) is 3.87. The third-order valence-corrected chi connectivity index (χ3v) is 7.49. The topological polar surface area (TPSA) is 52.6 Å². The fourth-order valence-corrected chi connectivity index (χ4v) is 5.03. The first kappa shape index (κ1) is 21.3. The van der Waals surface area contributed by atoms with Crippen LogP contribution in [0.25, 0.3) is 0 Å². The van der Waals surface area contributed by atoms with Gasteiger partial charge in [0.2, 0.25) is 0 Å². The highest BCUT2D eigenvalue weighted by Gasteiger charge is 2.23. The van der Waals surface area contributed by atoms with Gasteiger partial charge in [0.15, 0.2) is 5.96 Å². The maximum absolute atomic E-state index is 4.59. The second-order valence-corrected chi connectivity index (χ2v) is 10.3. The van der Waals surface area contributed by atoms with Crippen LogP contribution in [0, 0.1) is 12.8 Å². The summed E-state index contributed by atoms with van der Waals surface area (Å²) in [5, 5.41) is 12.5. The first-order valence-corrected chi connectivity index (χ1v) is 11.8. The van der Waals surface area contributed by atoms with Gasteiger partial charge in [0.25, 0.3) is 0 Å². The summed E-state index contributed by atoms with van der Waals surface area (Å²) in [6.07, 6.45) is 2.46. The maximum Gasteiger partial charge on any atom is 0.191 e. The minimum atomic E-state index is 0.102. The summed E-state index contributed by atoms with van der Waals surface area (Å²) in [5.74, 6) is 1.61. The molecule has 0 spiro atoms. The third kappa shape index (κ3) is 6.03. The average Bonchev–Trinajstić information content (AvgIpc) is 3.35. The molecule has 3 rings (SSSR count). The Hall–Kier alpha value is -1.44. The van der Waals surface area contributed by atoms with Crippen LogP contribution in [0.15, 0.2) is 27.9 Å². The summed E-state index contributed by atoms with van der Waals surface area (Å²) in [4.78, 5) is 12.9. The van der Waals surface area contributed by atoms with Gasteiger partial charge in [-0.1, -0.05) is 19.9 Å². The second-order valence-electron chi connectivity index (χ2n) is 8.25. The Bertz CT molecular complexity index is 743. The van der Waals surface area contributed by atoms with Crippen molar-refractivity contribution >= 4 is 28.6 Å². The molecule has 1 aliphatic heterocycles. The molecule has 2 aromatic heterocycles. The minimum Gasteiger partial charge on any atom is -0.356 e. The monoisotopic (exact) mass is 419 g/mol. The van der Waals surface area contributed by atoms with Crippen LogP contribution in [0.1, 0.15) is 42.3 Å². The molecule has 0 bridgehead atoms. The van der Waals surface area contributed by atoms with Gasteiger partial charge < -0.3 is 10.6 Å². The molecule has 154 valence electrons. The molecule has 1 fully saturated rings. The number of aliphatic imine (C=N–C) groups is 1. The number of guanidine groups is 1. The Morgan fingerprint density at radius 3 is 2.68 bits per heavy atom. The highest BCUT2D eigenvalue weighted by molar-refractivity contribution is 7.10. The number of aromatic nitrogens is 1. The molecule has 7 heteroatoms. The number of rotatable bonds is 7. The highest BCUT2D eigenvalue weighted by atomic mass is 32.1. The number of aryl methyl sites for hydroxylation is 1. The molecule has 0 unspecified atom stereocenters. The molecule has 28 heavy (non-hydrogen) atoms. The van der Waals surface area contributed by atoms with E-state index in [1.807, 2.05) is 18.4 Å². The summed E-state index contributed by atoms with van der Waals surface area (Å²) < 4.78 is 0. The van der Waals surface area contributed by atoms with Gasteiger partial charge in [0.05, 0.1) is 10.7 Å². The van der Waals surface area contributed by atoms with Crippen molar-refractivity contribution in [1.82, 2.24) is 20.5 Å². The van der Waals surface area contributed by atoms with Crippen LogP contribution >= 0.6 is 22.7 Å². The minimum absolute atomic E-state index is 0.102. The van der Waals surface area contributed by atoms with Crippen LogP contribution in [-0.2, 0) is 12.0 Å². The molecule has 0 amide bonds. The van der Waals surface area contributed by atoms with Crippen molar-refractivity contribution in [2.45, 2.75) is 45.6 Å². The summed E-state index contributed by atoms with van der Waals surface area (Å²) in [6, 6.07) is 4.33. The molecule has 3 heterocycles. The largest absolute Gasteiger partial charge is 0.356 e. The van der Waals surface area contributed by atoms with Crippen molar-refractivity contribution in [1.29, 1.82) is 0 Å². The predicted molar refractivity (Wildman–Crippen MR) is 122 cm³/mol. The molecule has 0 radical (unpaired) electrons. The zero-order chi connectivity index (χ0) is 20.0. The number of nitrogens with zero attached hydrogens (tertiary/aromatic N) is 3. The molecular formula is C21H33N5S2. The Labute approximate surface area is 177 Å². The molecule has 1 saturated heterocycles. The number of thiophene rings is 1. The van der Waals surface area contributed by atoms with Gasteiger partial charge in [-0.2, -0.15) is 0 Å². The summed E-state index contributed by atoms with van der Waals surface area (Å²) in [5.41, 5.74) is 1.32. The summed E-state index contributed by atoms with van der Waals surface area (Å²) in [7, 11) is 1.85. The van der Waals surface area contributed by atoms with E-state index < -0.39 is 0 Å². The van der Waals surface area contributed by atoms with E-state index in [1.54, 1.807) is 11.3 Å². The number of likely N-dealkylation sites (tertiary alicyclic amines) is 1. The molecular weight excluding hydrogens is 386 g/mol. The van der Waals surface area contributed by atoms with Crippen LogP contribution < -0.4 is 10.6 Å². The lowest BCUT2D eigenvalue weighted by Crippen LogP contribution is -2.45. The van der Waals surface area contributed by atoms with E-state index in [1.165, 1.54) is 23.4 Å². The average molecular weight is 420 g/mol. The number of hydrogen-bond donors (Lipinski definition) is 2. The van der Waals surface area contributed by atoms with Gasteiger partial charge in [0.1, 0.15) is 0 Å². The first-order chi connectivity index (χ1) is 13.5. The van der Waals surface area contributed by atoms with Crippen molar-refractivity contribution < 1.29 is 0 Å². The number of piperidine rings is 1. The molecule has 1 aliphatic rings. The van der Waals surface area contributed by atoms with Crippen molar-refractivity contribution in [3.05, 3.63) is 38.5 Å². The number of hydrogen-bond acceptors (Lipinski definition) is 5. The van der Waals surface area contributed by atoms with Crippen LogP contribution in [0.5, 0.6) is 0 Å². The molecule has 0 saturated carbocycles. The van der Waals surface area contributed by atoms with Crippen molar-refractivity contribution in [3.8, 4) is 0 Å². The van der Waals surface area contributed by atoms with E-state index >= 15 is 0 Å². The van der Waals surface area contributed by atoms with Gasteiger partial charge in [-0.15, -0.1) is 22.7 Å². The Balaban J connectivity index is 1.37. The van der Waals surface area contributed by atoms with E-state index in [0.29, 0.717) is 5.92 Å². The quantitative estimate of drug-likeness (QED) is 0.528. The van der Waals surface area contributed by atoms with Gasteiger partial charge in [-0.05, 0) is 50.2 Å². The molecule has 0 aromatic carbocycles. The van der Waals surface area contributed by atoms with Gasteiger partial charge >= 0.3 is 0 Å². The number of thiazole rings is 1. The Morgan fingerprint density at radius 2 is 2.07 bits per heavy atom. The van der Waals surface area contributed by atoms with Gasteiger partial charge in [-0.25, -0.2) is 4.98 Å². The fourth-order valence-electron chi connectivity index (χ4n) is 3.58. The van der Waals surface area contributed by atoms with E-state index in [4.69, 9.17) is 0 Å². The third-order valence-electron chi connectivity index (χ3n) is 5.43. The van der Waals surface area contributed by atoms with Crippen LogP contribution in [0.3, 0.4) is 0 Å². The molecule has 0 atom stereocenters. The number of nitrogens with one attached hydrogen (secondary N) is 2. The molecule has 5 nitrogen and oxygen atoms in total. The smallest absolute Gasteiger partial charge is 0.191 e.